The number of ether oxygens (including phenoxy) is 1. The molecule has 0 spiro atoms. The first-order chi connectivity index (χ1) is 11.3. The summed E-state index contributed by atoms with van der Waals surface area (Å²) >= 11 is 0. The highest BCUT2D eigenvalue weighted by Gasteiger charge is 2.24. The molecule has 6 heteroatoms. The zero-order valence-electron chi connectivity index (χ0n) is 13.4. The number of carbonyl (C=O) groups is 1. The van der Waals surface area contributed by atoms with Crippen LogP contribution in [0.25, 0.3) is 5.69 Å². The van der Waals surface area contributed by atoms with E-state index in [1.54, 1.807) is 13.3 Å². The Labute approximate surface area is 136 Å². The van der Waals surface area contributed by atoms with E-state index in [2.05, 4.69) is 22.1 Å². The second-order valence-corrected chi connectivity index (χ2v) is 5.66. The van der Waals surface area contributed by atoms with Crippen LogP contribution in [-0.2, 0) is 16.1 Å². The molecule has 6 nitrogen and oxygen atoms in total. The number of amides is 1. The van der Waals surface area contributed by atoms with E-state index in [9.17, 15) is 4.79 Å². The van der Waals surface area contributed by atoms with Gasteiger partial charge in [-0.2, -0.15) is 5.10 Å². The molecule has 1 amide bonds. The van der Waals surface area contributed by atoms with Crippen molar-refractivity contribution in [2.24, 2.45) is 0 Å². The Morgan fingerprint density at radius 3 is 2.83 bits per heavy atom. The molecule has 23 heavy (non-hydrogen) atoms. The van der Waals surface area contributed by atoms with Gasteiger partial charge in [0, 0.05) is 45.7 Å². The molecule has 0 N–H and O–H groups in total. The van der Waals surface area contributed by atoms with Crippen molar-refractivity contribution in [3.8, 4) is 5.69 Å². The van der Waals surface area contributed by atoms with E-state index in [-0.39, 0.29) is 5.91 Å². The minimum Gasteiger partial charge on any atom is -0.383 e. The van der Waals surface area contributed by atoms with Crippen LogP contribution in [0.2, 0.25) is 0 Å². The fraction of sp³-hybridized carbons (Fsp3) is 0.412. The van der Waals surface area contributed by atoms with Crippen LogP contribution in [0.3, 0.4) is 0 Å². The first-order valence-electron chi connectivity index (χ1n) is 7.85. The molecule has 1 saturated heterocycles. The van der Waals surface area contributed by atoms with Crippen molar-refractivity contribution in [1.82, 2.24) is 19.6 Å². The van der Waals surface area contributed by atoms with Crippen molar-refractivity contribution in [3.63, 3.8) is 0 Å². The molecule has 1 aromatic carbocycles. The molecule has 0 unspecified atom stereocenters. The Balaban J connectivity index is 1.66. The highest BCUT2D eigenvalue weighted by atomic mass is 16.5. The minimum absolute atomic E-state index is 0.171. The van der Waals surface area contributed by atoms with Gasteiger partial charge in [0.05, 0.1) is 18.8 Å². The maximum Gasteiger partial charge on any atom is 0.236 e. The average Bonchev–Trinajstić information content (AvgIpc) is 3.09. The topological polar surface area (TPSA) is 50.6 Å². The molecule has 1 aromatic heterocycles. The van der Waals surface area contributed by atoms with Crippen LogP contribution in [0.15, 0.2) is 42.7 Å². The van der Waals surface area contributed by atoms with Gasteiger partial charge in [0.1, 0.15) is 0 Å². The number of hydrogen-bond donors (Lipinski definition) is 0. The van der Waals surface area contributed by atoms with E-state index in [0.717, 1.165) is 25.3 Å². The standard InChI is InChI=1S/C17H22N4O2/c1-23-12-11-20-10-9-19(14-17(20)22)13-15-5-2-3-6-16(15)21-8-4-7-18-21/h2-8H,9-14H2,1H3. The van der Waals surface area contributed by atoms with Crippen molar-refractivity contribution in [3.05, 3.63) is 48.3 Å². The number of hydrogen-bond acceptors (Lipinski definition) is 4. The Kier molecular flexibility index (Phi) is 5.05. The lowest BCUT2D eigenvalue weighted by molar-refractivity contribution is -0.136. The Morgan fingerprint density at radius 2 is 2.09 bits per heavy atom. The van der Waals surface area contributed by atoms with Crippen LogP contribution in [0.1, 0.15) is 5.56 Å². The third-order valence-electron chi connectivity index (χ3n) is 4.10. The zero-order chi connectivity index (χ0) is 16.1. The second kappa shape index (κ2) is 7.39. The largest absolute Gasteiger partial charge is 0.383 e. The van der Waals surface area contributed by atoms with Crippen molar-refractivity contribution >= 4 is 5.91 Å². The second-order valence-electron chi connectivity index (χ2n) is 5.66. The van der Waals surface area contributed by atoms with Gasteiger partial charge < -0.3 is 9.64 Å². The molecule has 1 aliphatic rings. The van der Waals surface area contributed by atoms with Gasteiger partial charge in [-0.25, -0.2) is 4.68 Å². The summed E-state index contributed by atoms with van der Waals surface area (Å²) in [5, 5.41) is 4.31. The molecule has 0 bridgehead atoms. The molecule has 0 saturated carbocycles. The molecule has 122 valence electrons. The summed E-state index contributed by atoms with van der Waals surface area (Å²) in [6, 6.07) is 10.1. The van der Waals surface area contributed by atoms with Crippen LogP contribution in [0, 0.1) is 0 Å². The first kappa shape index (κ1) is 15.7. The predicted octanol–water partition coefficient (Wildman–Crippen LogP) is 1.16. The number of benzene rings is 1. The van der Waals surface area contributed by atoms with Gasteiger partial charge in [-0.3, -0.25) is 9.69 Å². The molecular weight excluding hydrogens is 292 g/mol. The summed E-state index contributed by atoms with van der Waals surface area (Å²) in [4.78, 5) is 16.3. The van der Waals surface area contributed by atoms with E-state index < -0.39 is 0 Å². The number of carbonyl (C=O) groups excluding carboxylic acids is 1. The van der Waals surface area contributed by atoms with Gasteiger partial charge in [-0.1, -0.05) is 18.2 Å². The molecule has 2 aromatic rings. The summed E-state index contributed by atoms with van der Waals surface area (Å²) in [7, 11) is 1.66. The molecule has 1 fully saturated rings. The quantitative estimate of drug-likeness (QED) is 0.803. The summed E-state index contributed by atoms with van der Waals surface area (Å²) < 4.78 is 6.92. The molecule has 0 radical (unpaired) electrons. The minimum atomic E-state index is 0.171. The summed E-state index contributed by atoms with van der Waals surface area (Å²) in [5.74, 6) is 0.171. The van der Waals surface area contributed by atoms with Crippen LogP contribution < -0.4 is 0 Å². The van der Waals surface area contributed by atoms with Crippen LogP contribution in [0.5, 0.6) is 0 Å². The van der Waals surface area contributed by atoms with Gasteiger partial charge in [-0.15, -0.1) is 0 Å². The summed E-state index contributed by atoms with van der Waals surface area (Å²) in [5.41, 5.74) is 2.24. The van der Waals surface area contributed by atoms with Gasteiger partial charge >= 0.3 is 0 Å². The van der Waals surface area contributed by atoms with E-state index in [1.165, 1.54) is 5.56 Å². The SMILES string of the molecule is COCCN1CCN(Cc2ccccc2-n2cccn2)CC1=O. The Hall–Kier alpha value is -2.18. The predicted molar refractivity (Wildman–Crippen MR) is 87.3 cm³/mol. The maximum atomic E-state index is 12.2. The summed E-state index contributed by atoms with van der Waals surface area (Å²) in [6.07, 6.45) is 3.71. The Bertz CT molecular complexity index is 642. The third kappa shape index (κ3) is 3.78. The van der Waals surface area contributed by atoms with E-state index in [4.69, 9.17) is 4.74 Å². The number of nitrogens with zero attached hydrogens (tertiary/aromatic N) is 4. The van der Waals surface area contributed by atoms with Crippen LogP contribution >= 0.6 is 0 Å². The highest BCUT2D eigenvalue weighted by molar-refractivity contribution is 5.79. The van der Waals surface area contributed by atoms with E-state index >= 15 is 0 Å². The lowest BCUT2D eigenvalue weighted by atomic mass is 10.1. The zero-order valence-corrected chi connectivity index (χ0v) is 13.4. The fourth-order valence-corrected chi connectivity index (χ4v) is 2.85. The van der Waals surface area contributed by atoms with Gasteiger partial charge in [0.15, 0.2) is 0 Å². The fourth-order valence-electron chi connectivity index (χ4n) is 2.85. The lowest BCUT2D eigenvalue weighted by Crippen LogP contribution is -2.50. The van der Waals surface area contributed by atoms with Crippen molar-refractivity contribution in [1.29, 1.82) is 0 Å². The normalized spacial score (nSPS) is 16.0. The molecule has 3 rings (SSSR count). The molecule has 2 heterocycles. The van der Waals surface area contributed by atoms with Gasteiger partial charge in [0.25, 0.3) is 0 Å². The number of piperazine rings is 1. The highest BCUT2D eigenvalue weighted by Crippen LogP contribution is 2.17. The average molecular weight is 314 g/mol. The van der Waals surface area contributed by atoms with Crippen LogP contribution in [0.4, 0.5) is 0 Å². The van der Waals surface area contributed by atoms with E-state index in [0.29, 0.717) is 19.7 Å². The number of rotatable bonds is 6. The smallest absolute Gasteiger partial charge is 0.236 e. The molecule has 1 aliphatic heterocycles. The molecule has 0 atom stereocenters. The Morgan fingerprint density at radius 1 is 1.22 bits per heavy atom. The summed E-state index contributed by atoms with van der Waals surface area (Å²) in [6.45, 7) is 4.10. The molecule has 0 aliphatic carbocycles. The van der Waals surface area contributed by atoms with Gasteiger partial charge in [0.2, 0.25) is 5.91 Å². The number of methoxy groups -OCH3 is 1. The van der Waals surface area contributed by atoms with Crippen molar-refractivity contribution in [2.75, 3.05) is 39.9 Å². The maximum absolute atomic E-state index is 12.2. The third-order valence-corrected chi connectivity index (χ3v) is 4.10. The number of aromatic nitrogens is 2. The van der Waals surface area contributed by atoms with Crippen molar-refractivity contribution < 1.29 is 9.53 Å². The monoisotopic (exact) mass is 314 g/mol. The lowest BCUT2D eigenvalue weighted by Gasteiger charge is -2.34. The van der Waals surface area contributed by atoms with Crippen molar-refractivity contribution in [2.45, 2.75) is 6.54 Å². The molecular formula is C17H22N4O2. The van der Waals surface area contributed by atoms with Gasteiger partial charge in [-0.05, 0) is 17.7 Å². The number of para-hydroxylation sites is 1. The van der Waals surface area contributed by atoms with Crippen LogP contribution in [-0.4, -0.2) is 65.4 Å². The van der Waals surface area contributed by atoms with E-state index in [1.807, 2.05) is 34.0 Å². The first-order valence-corrected chi connectivity index (χ1v) is 7.85.